The normalized spacial score (nSPS) is 10.3. The number of benzene rings is 1. The summed E-state index contributed by atoms with van der Waals surface area (Å²) < 4.78 is 16.2. The van der Waals surface area contributed by atoms with Gasteiger partial charge in [-0.05, 0) is 44.6 Å². The number of phenols is 1. The molecule has 0 atom stereocenters. The number of pyridine rings is 1. The van der Waals surface area contributed by atoms with Gasteiger partial charge in [0, 0.05) is 24.9 Å². The Labute approximate surface area is 177 Å². The first-order valence-corrected chi connectivity index (χ1v) is 8.79. The van der Waals surface area contributed by atoms with Gasteiger partial charge in [0.1, 0.15) is 22.9 Å². The highest BCUT2D eigenvalue weighted by Gasteiger charge is 2.18. The van der Waals surface area contributed by atoms with Crippen molar-refractivity contribution in [1.82, 2.24) is 4.98 Å². The Hall–Kier alpha value is -2.83. The summed E-state index contributed by atoms with van der Waals surface area (Å²) in [5.41, 5.74) is 2.57. The van der Waals surface area contributed by atoms with Crippen LogP contribution >= 0.6 is 12.4 Å². The van der Waals surface area contributed by atoms with E-state index in [9.17, 15) is 9.90 Å². The number of aromatic nitrogens is 1. The van der Waals surface area contributed by atoms with E-state index in [0.717, 1.165) is 5.57 Å². The van der Waals surface area contributed by atoms with E-state index in [1.807, 2.05) is 19.9 Å². The topological polar surface area (TPSA) is 77.9 Å². The molecular formula is C22H26ClNO5. The zero-order valence-corrected chi connectivity index (χ0v) is 17.8. The minimum atomic E-state index is -0.251. The first-order chi connectivity index (χ1) is 13.5. The molecule has 0 bridgehead atoms. The molecule has 0 unspecified atom stereocenters. The number of ether oxygens (including phenoxy) is 3. The van der Waals surface area contributed by atoms with Gasteiger partial charge < -0.3 is 19.3 Å². The Morgan fingerprint density at radius 2 is 2.00 bits per heavy atom. The van der Waals surface area contributed by atoms with E-state index in [-0.39, 0.29) is 30.7 Å². The lowest BCUT2D eigenvalue weighted by Crippen LogP contribution is -2.05. The third-order valence-electron chi connectivity index (χ3n) is 3.94. The van der Waals surface area contributed by atoms with Crippen LogP contribution in [0.4, 0.5) is 0 Å². The van der Waals surface area contributed by atoms with Crippen molar-refractivity contribution in [3.8, 4) is 17.2 Å². The average molecular weight is 420 g/mol. The van der Waals surface area contributed by atoms with Crippen molar-refractivity contribution in [2.75, 3.05) is 21.0 Å². The van der Waals surface area contributed by atoms with Gasteiger partial charge in [0.2, 0.25) is 5.78 Å². The van der Waals surface area contributed by atoms with Gasteiger partial charge in [0.05, 0.1) is 12.7 Å². The van der Waals surface area contributed by atoms with Crippen molar-refractivity contribution in [1.29, 1.82) is 0 Å². The molecule has 2 rings (SSSR count). The van der Waals surface area contributed by atoms with Crippen LogP contribution < -0.4 is 9.47 Å². The molecule has 6 nitrogen and oxygen atoms in total. The molecule has 0 aliphatic rings. The Morgan fingerprint density at radius 3 is 2.59 bits per heavy atom. The van der Waals surface area contributed by atoms with Crippen molar-refractivity contribution in [2.45, 2.75) is 20.3 Å². The standard InChI is InChI=1S/C22H25NO5.ClH/c1-15(2)8-9-16-20(25)13-21(27-4)17(22(16)28-14-26-3)10-11-19(24)18-7-5-6-12-23-18;/h5-8,10-13,25H,9,14H2,1-4H3;1H/b11-10+;. The maximum Gasteiger partial charge on any atom is 0.204 e. The molecule has 0 aliphatic carbocycles. The second-order valence-corrected chi connectivity index (χ2v) is 6.27. The zero-order chi connectivity index (χ0) is 20.5. The van der Waals surface area contributed by atoms with Crippen LogP contribution in [0.25, 0.3) is 6.08 Å². The van der Waals surface area contributed by atoms with Crippen molar-refractivity contribution in [3.63, 3.8) is 0 Å². The Balaban J connectivity index is 0.00000420. The van der Waals surface area contributed by atoms with Gasteiger partial charge in [-0.1, -0.05) is 17.7 Å². The molecular weight excluding hydrogens is 394 g/mol. The lowest BCUT2D eigenvalue weighted by molar-refractivity contribution is 0.0500. The molecule has 2 aromatic rings. The van der Waals surface area contributed by atoms with Gasteiger partial charge in [-0.2, -0.15) is 0 Å². The highest BCUT2D eigenvalue weighted by molar-refractivity contribution is 6.05. The van der Waals surface area contributed by atoms with E-state index in [1.165, 1.54) is 26.4 Å². The number of hydrogen-bond acceptors (Lipinski definition) is 6. The Morgan fingerprint density at radius 1 is 1.24 bits per heavy atom. The van der Waals surface area contributed by atoms with E-state index in [0.29, 0.717) is 34.7 Å². The molecule has 1 aromatic heterocycles. The van der Waals surface area contributed by atoms with Crippen molar-refractivity contribution in [3.05, 3.63) is 65.0 Å². The maximum absolute atomic E-state index is 12.4. The van der Waals surface area contributed by atoms with Crippen LogP contribution in [0.3, 0.4) is 0 Å². The lowest BCUT2D eigenvalue weighted by atomic mass is 10.0. The van der Waals surface area contributed by atoms with E-state index in [1.54, 1.807) is 30.5 Å². The summed E-state index contributed by atoms with van der Waals surface area (Å²) >= 11 is 0. The molecule has 7 heteroatoms. The fraction of sp³-hybridized carbons (Fsp3) is 0.273. The number of allylic oxidation sites excluding steroid dienone is 3. The SMILES string of the molecule is COCOc1c(/C=C/C(=O)c2ccccn2)c(OC)cc(O)c1CC=C(C)C.Cl. The number of hydrogen-bond donors (Lipinski definition) is 1. The summed E-state index contributed by atoms with van der Waals surface area (Å²) in [4.78, 5) is 16.5. The number of phenolic OH excluding ortho intramolecular Hbond substituents is 1. The molecule has 29 heavy (non-hydrogen) atoms. The summed E-state index contributed by atoms with van der Waals surface area (Å²) in [6, 6.07) is 6.65. The number of carbonyl (C=O) groups excluding carboxylic acids is 1. The van der Waals surface area contributed by atoms with Crippen molar-refractivity contribution < 1.29 is 24.1 Å². The zero-order valence-electron chi connectivity index (χ0n) is 17.0. The largest absolute Gasteiger partial charge is 0.507 e. The highest BCUT2D eigenvalue weighted by atomic mass is 35.5. The predicted molar refractivity (Wildman–Crippen MR) is 115 cm³/mol. The summed E-state index contributed by atoms with van der Waals surface area (Å²) in [7, 11) is 3.00. The first kappa shape index (κ1) is 24.2. The van der Waals surface area contributed by atoms with Crippen molar-refractivity contribution >= 4 is 24.3 Å². The third kappa shape index (κ3) is 6.62. The number of ketones is 1. The molecule has 0 saturated carbocycles. The van der Waals surface area contributed by atoms with Gasteiger partial charge in [-0.3, -0.25) is 9.78 Å². The quantitative estimate of drug-likeness (QED) is 0.277. The van der Waals surface area contributed by atoms with Crippen LogP contribution in [-0.2, 0) is 11.2 Å². The van der Waals surface area contributed by atoms with Crippen LogP contribution in [0.15, 0.2) is 48.2 Å². The van der Waals surface area contributed by atoms with Crippen LogP contribution in [-0.4, -0.2) is 36.9 Å². The number of halogens is 1. The van der Waals surface area contributed by atoms with Gasteiger partial charge in [0.15, 0.2) is 6.79 Å². The smallest absolute Gasteiger partial charge is 0.204 e. The average Bonchev–Trinajstić information content (AvgIpc) is 2.70. The molecule has 156 valence electrons. The second kappa shape index (κ2) is 11.9. The number of aromatic hydroxyl groups is 1. The Kier molecular flexibility index (Phi) is 9.92. The molecule has 0 radical (unpaired) electrons. The van der Waals surface area contributed by atoms with Gasteiger partial charge in [0.25, 0.3) is 0 Å². The molecule has 0 saturated heterocycles. The van der Waals surface area contributed by atoms with Crippen LogP contribution in [0.2, 0.25) is 0 Å². The van der Waals surface area contributed by atoms with E-state index >= 15 is 0 Å². The van der Waals surface area contributed by atoms with Crippen molar-refractivity contribution in [2.24, 2.45) is 0 Å². The summed E-state index contributed by atoms with van der Waals surface area (Å²) in [6.07, 6.45) is 7.01. The molecule has 0 amide bonds. The third-order valence-corrected chi connectivity index (χ3v) is 3.94. The number of rotatable bonds is 9. The molecule has 0 spiro atoms. The van der Waals surface area contributed by atoms with Crippen LogP contribution in [0.1, 0.15) is 35.5 Å². The van der Waals surface area contributed by atoms with E-state index in [4.69, 9.17) is 14.2 Å². The molecule has 1 aromatic carbocycles. The van der Waals surface area contributed by atoms with Crippen LogP contribution in [0, 0.1) is 0 Å². The minimum Gasteiger partial charge on any atom is -0.507 e. The summed E-state index contributed by atoms with van der Waals surface area (Å²) in [5.74, 6) is 0.587. The second-order valence-electron chi connectivity index (χ2n) is 6.27. The molecule has 0 aliphatic heterocycles. The van der Waals surface area contributed by atoms with Crippen LogP contribution in [0.5, 0.6) is 17.2 Å². The summed E-state index contributed by atoms with van der Waals surface area (Å²) in [5, 5.41) is 10.5. The van der Waals surface area contributed by atoms with Gasteiger partial charge in [-0.25, -0.2) is 0 Å². The highest BCUT2D eigenvalue weighted by Crippen LogP contribution is 2.40. The Bertz CT molecular complexity index is 875. The fourth-order valence-corrected chi connectivity index (χ4v) is 2.55. The fourth-order valence-electron chi connectivity index (χ4n) is 2.55. The van der Waals surface area contributed by atoms with Gasteiger partial charge >= 0.3 is 0 Å². The van der Waals surface area contributed by atoms with E-state index in [2.05, 4.69) is 4.98 Å². The maximum atomic E-state index is 12.4. The first-order valence-electron chi connectivity index (χ1n) is 8.79. The molecule has 0 fully saturated rings. The lowest BCUT2D eigenvalue weighted by Gasteiger charge is -2.17. The summed E-state index contributed by atoms with van der Waals surface area (Å²) in [6.45, 7) is 3.94. The minimum absolute atomic E-state index is 0. The molecule has 1 N–H and O–H groups in total. The van der Waals surface area contributed by atoms with Gasteiger partial charge in [-0.15, -0.1) is 12.4 Å². The predicted octanol–water partition coefficient (Wildman–Crippen LogP) is 4.61. The number of methoxy groups -OCH3 is 2. The molecule has 1 heterocycles. The number of nitrogens with zero attached hydrogens (tertiary/aromatic N) is 1. The van der Waals surface area contributed by atoms with E-state index < -0.39 is 0 Å². The number of carbonyl (C=O) groups is 1. The monoisotopic (exact) mass is 419 g/mol.